The van der Waals surface area contributed by atoms with Crippen molar-refractivity contribution in [3.8, 4) is 0 Å². The fraction of sp³-hybridized carbons (Fsp3) is 0.500. The number of carbonyl (C=O) groups is 4. The molecule has 0 aromatic heterocycles. The minimum Gasteiger partial charge on any atom is -0.379 e. The lowest BCUT2D eigenvalue weighted by atomic mass is 10.0. The molecule has 170 valence electrons. The van der Waals surface area contributed by atoms with Crippen LogP contribution in [-0.4, -0.2) is 67.5 Å². The molecular weight excluding hydrogens is 428 g/mol. The van der Waals surface area contributed by atoms with E-state index in [0.717, 1.165) is 5.56 Å². The molecule has 0 bridgehead atoms. The van der Waals surface area contributed by atoms with Gasteiger partial charge >= 0.3 is 0 Å². The Morgan fingerprint density at radius 3 is 2.61 bits per heavy atom. The van der Waals surface area contributed by atoms with Gasteiger partial charge in [0, 0.05) is 30.8 Å². The Labute approximate surface area is 186 Å². The summed E-state index contributed by atoms with van der Waals surface area (Å²) in [5, 5.41) is 5.06. The normalized spacial score (nSPS) is 17.8. The summed E-state index contributed by atoms with van der Waals surface area (Å²) in [5.41, 5.74) is 7.11. The Hall–Kier alpha value is -2.53. The van der Waals surface area contributed by atoms with Crippen LogP contribution >= 0.6 is 12.4 Å². The molecule has 1 aromatic rings. The van der Waals surface area contributed by atoms with Gasteiger partial charge in [-0.05, 0) is 30.2 Å². The van der Waals surface area contributed by atoms with E-state index in [1.807, 2.05) is 0 Å². The van der Waals surface area contributed by atoms with Crippen molar-refractivity contribution in [3.63, 3.8) is 0 Å². The van der Waals surface area contributed by atoms with Crippen molar-refractivity contribution in [1.29, 1.82) is 0 Å². The molecule has 3 rings (SSSR count). The summed E-state index contributed by atoms with van der Waals surface area (Å²) in [6, 6.07) is 4.37. The third kappa shape index (κ3) is 6.47. The van der Waals surface area contributed by atoms with E-state index in [2.05, 4.69) is 10.6 Å². The molecule has 31 heavy (non-hydrogen) atoms. The Morgan fingerprint density at radius 2 is 1.90 bits per heavy atom. The number of anilines is 1. The maximum Gasteiger partial charge on any atom is 0.255 e. The highest BCUT2D eigenvalue weighted by Crippen LogP contribution is 2.29. The summed E-state index contributed by atoms with van der Waals surface area (Å²) < 4.78 is 10.5. The smallest absolute Gasteiger partial charge is 0.255 e. The predicted molar refractivity (Wildman–Crippen MR) is 114 cm³/mol. The van der Waals surface area contributed by atoms with Crippen LogP contribution in [0.2, 0.25) is 0 Å². The van der Waals surface area contributed by atoms with Gasteiger partial charge in [0.2, 0.25) is 17.7 Å². The van der Waals surface area contributed by atoms with E-state index >= 15 is 0 Å². The zero-order valence-electron chi connectivity index (χ0n) is 17.1. The van der Waals surface area contributed by atoms with Crippen LogP contribution in [0.25, 0.3) is 0 Å². The quantitative estimate of drug-likeness (QED) is 0.338. The minimum absolute atomic E-state index is 0. The average Bonchev–Trinajstić information content (AvgIpc) is 3.03. The number of piperidine rings is 1. The van der Waals surface area contributed by atoms with Crippen LogP contribution in [0, 0.1) is 0 Å². The number of carbonyl (C=O) groups excluding carboxylic acids is 4. The lowest BCUT2D eigenvalue weighted by Crippen LogP contribution is -2.52. The second kappa shape index (κ2) is 11.8. The van der Waals surface area contributed by atoms with Crippen molar-refractivity contribution < 1.29 is 28.7 Å². The van der Waals surface area contributed by atoms with E-state index in [9.17, 15) is 19.2 Å². The predicted octanol–water partition coefficient (Wildman–Crippen LogP) is 0.190. The largest absolute Gasteiger partial charge is 0.379 e. The number of hydrogen-bond acceptors (Lipinski definition) is 7. The standard InChI is InChI=1S/C20H26N4O6.ClH/c21-6-8-30-10-9-29-7-5-18(26)22-14-1-2-15-13(11-14)12-24(20(15)28)16-3-4-17(25)23-19(16)27;/h1-2,11,16H,3-10,12,21H2,(H,22,26)(H,23,25,27);1H. The molecular formula is C20H27ClN4O6. The monoisotopic (exact) mass is 454 g/mol. The summed E-state index contributed by atoms with van der Waals surface area (Å²) in [7, 11) is 0. The van der Waals surface area contributed by atoms with Crippen LogP contribution < -0.4 is 16.4 Å². The number of ether oxygens (including phenoxy) is 2. The first kappa shape index (κ1) is 24.7. The SMILES string of the molecule is Cl.NCCOCCOCCC(=O)Nc1ccc2c(c1)CN(C1CCC(=O)NC1=O)C2=O. The Balaban J connectivity index is 0.00000341. The topological polar surface area (TPSA) is 140 Å². The summed E-state index contributed by atoms with van der Waals surface area (Å²) in [6.07, 6.45) is 0.708. The third-order valence-electron chi connectivity index (χ3n) is 4.91. The van der Waals surface area contributed by atoms with Gasteiger partial charge in [-0.25, -0.2) is 0 Å². The molecule has 0 spiro atoms. The lowest BCUT2D eigenvalue weighted by Gasteiger charge is -2.29. The van der Waals surface area contributed by atoms with Gasteiger partial charge in [-0.3, -0.25) is 24.5 Å². The van der Waals surface area contributed by atoms with Gasteiger partial charge in [-0.1, -0.05) is 0 Å². The van der Waals surface area contributed by atoms with Crippen molar-refractivity contribution in [3.05, 3.63) is 29.3 Å². The summed E-state index contributed by atoms with van der Waals surface area (Å²) in [6.45, 7) is 2.29. The van der Waals surface area contributed by atoms with Gasteiger partial charge in [-0.15, -0.1) is 12.4 Å². The zero-order chi connectivity index (χ0) is 21.5. The van der Waals surface area contributed by atoms with Crippen molar-refractivity contribution in [1.82, 2.24) is 10.2 Å². The molecule has 1 saturated heterocycles. The van der Waals surface area contributed by atoms with Crippen LogP contribution in [0.3, 0.4) is 0 Å². The number of nitrogens with zero attached hydrogens (tertiary/aromatic N) is 1. The molecule has 0 radical (unpaired) electrons. The molecule has 10 nitrogen and oxygen atoms in total. The highest BCUT2D eigenvalue weighted by Gasteiger charge is 2.39. The number of rotatable bonds is 10. The average molecular weight is 455 g/mol. The number of hydrogen-bond donors (Lipinski definition) is 3. The number of imide groups is 1. The molecule has 0 aliphatic carbocycles. The van der Waals surface area contributed by atoms with Crippen LogP contribution in [0.4, 0.5) is 5.69 Å². The van der Waals surface area contributed by atoms with Crippen LogP contribution in [0.1, 0.15) is 35.2 Å². The van der Waals surface area contributed by atoms with E-state index in [-0.39, 0.29) is 56.1 Å². The Morgan fingerprint density at radius 1 is 1.16 bits per heavy atom. The van der Waals surface area contributed by atoms with Gasteiger partial charge in [-0.2, -0.15) is 0 Å². The summed E-state index contributed by atoms with van der Waals surface area (Å²) >= 11 is 0. The van der Waals surface area contributed by atoms with Crippen LogP contribution in [0.5, 0.6) is 0 Å². The summed E-state index contributed by atoms with van der Waals surface area (Å²) in [5.74, 6) is -1.22. The number of halogens is 1. The van der Waals surface area contributed by atoms with E-state index in [1.165, 1.54) is 4.90 Å². The van der Waals surface area contributed by atoms with Gasteiger partial charge in [0.15, 0.2) is 0 Å². The first-order valence-corrected chi connectivity index (χ1v) is 9.92. The van der Waals surface area contributed by atoms with Crippen molar-refractivity contribution in [2.24, 2.45) is 5.73 Å². The van der Waals surface area contributed by atoms with Crippen molar-refractivity contribution >= 4 is 41.7 Å². The van der Waals surface area contributed by atoms with Crippen LogP contribution in [0.15, 0.2) is 18.2 Å². The highest BCUT2D eigenvalue weighted by atomic mass is 35.5. The number of amides is 4. The number of nitrogens with two attached hydrogens (primary N) is 1. The highest BCUT2D eigenvalue weighted by molar-refractivity contribution is 6.05. The van der Waals surface area contributed by atoms with E-state index in [1.54, 1.807) is 18.2 Å². The molecule has 2 aliphatic heterocycles. The molecule has 2 heterocycles. The van der Waals surface area contributed by atoms with E-state index in [0.29, 0.717) is 44.0 Å². The zero-order valence-corrected chi connectivity index (χ0v) is 17.9. The molecule has 0 saturated carbocycles. The van der Waals surface area contributed by atoms with Gasteiger partial charge in [0.05, 0.1) is 32.8 Å². The van der Waals surface area contributed by atoms with Gasteiger partial charge in [0.25, 0.3) is 5.91 Å². The molecule has 1 aromatic carbocycles. The summed E-state index contributed by atoms with van der Waals surface area (Å²) in [4.78, 5) is 49.7. The number of fused-ring (bicyclic) bond motifs is 1. The molecule has 4 amide bonds. The second-order valence-corrected chi connectivity index (χ2v) is 7.08. The van der Waals surface area contributed by atoms with Gasteiger partial charge in [0.1, 0.15) is 6.04 Å². The molecule has 1 fully saturated rings. The first-order chi connectivity index (χ1) is 14.5. The Kier molecular flexibility index (Phi) is 9.38. The fourth-order valence-electron chi connectivity index (χ4n) is 3.45. The first-order valence-electron chi connectivity index (χ1n) is 9.92. The van der Waals surface area contributed by atoms with E-state index in [4.69, 9.17) is 15.2 Å². The maximum absolute atomic E-state index is 12.7. The maximum atomic E-state index is 12.7. The van der Waals surface area contributed by atoms with E-state index < -0.39 is 11.9 Å². The minimum atomic E-state index is -0.661. The fourth-order valence-corrected chi connectivity index (χ4v) is 3.45. The Bertz CT molecular complexity index is 834. The number of benzene rings is 1. The molecule has 1 atom stereocenters. The lowest BCUT2D eigenvalue weighted by molar-refractivity contribution is -0.137. The molecule has 11 heteroatoms. The number of nitrogens with one attached hydrogen (secondary N) is 2. The van der Waals surface area contributed by atoms with Crippen molar-refractivity contribution in [2.75, 3.05) is 38.3 Å². The van der Waals surface area contributed by atoms with Gasteiger partial charge < -0.3 is 25.4 Å². The second-order valence-electron chi connectivity index (χ2n) is 7.08. The molecule has 1 unspecified atom stereocenters. The molecule has 2 aliphatic rings. The molecule has 4 N–H and O–H groups in total. The van der Waals surface area contributed by atoms with Crippen molar-refractivity contribution in [2.45, 2.75) is 31.8 Å². The van der Waals surface area contributed by atoms with Crippen LogP contribution in [-0.2, 0) is 30.4 Å². The third-order valence-corrected chi connectivity index (χ3v) is 4.91.